The molecule has 0 aliphatic carbocycles. The van der Waals surface area contributed by atoms with Crippen molar-refractivity contribution in [2.24, 2.45) is 7.05 Å². The number of Topliss-reactive ketones (excluding diaryl/α,β-unsaturated/α-hetero) is 1. The molecule has 2 amide bonds. The Balaban J connectivity index is 1.59. The predicted octanol–water partition coefficient (Wildman–Crippen LogP) is 4.89. The number of thiophene rings is 1. The van der Waals surface area contributed by atoms with Crippen LogP contribution in [0.25, 0.3) is 0 Å². The lowest BCUT2D eigenvalue weighted by Crippen LogP contribution is -2.51. The van der Waals surface area contributed by atoms with Gasteiger partial charge in [0.2, 0.25) is 5.78 Å². The van der Waals surface area contributed by atoms with Gasteiger partial charge in [0.15, 0.2) is 5.82 Å². The number of hydrogen-bond donors (Lipinski definition) is 1. The summed E-state index contributed by atoms with van der Waals surface area (Å²) in [5.74, 6) is -0.382. The molecule has 10 heteroatoms. The average molecular weight is 505 g/mol. The normalized spacial score (nSPS) is 11.4. The number of aryl methyl sites for hydroxylation is 1. The van der Waals surface area contributed by atoms with Crippen molar-refractivity contribution in [1.29, 1.82) is 0 Å². The van der Waals surface area contributed by atoms with E-state index < -0.39 is 24.0 Å². The Morgan fingerprint density at radius 3 is 2.17 bits per heavy atom. The van der Waals surface area contributed by atoms with E-state index in [2.05, 4.69) is 10.4 Å². The Kier molecular flexibility index (Phi) is 8.09. The van der Waals surface area contributed by atoms with Crippen molar-refractivity contribution < 1.29 is 23.9 Å². The molecule has 0 spiro atoms. The van der Waals surface area contributed by atoms with Crippen LogP contribution in [0.2, 0.25) is 0 Å². The van der Waals surface area contributed by atoms with Crippen LogP contribution in [0.4, 0.5) is 9.59 Å². The third kappa shape index (κ3) is 6.16. The van der Waals surface area contributed by atoms with Gasteiger partial charge < -0.3 is 14.0 Å². The van der Waals surface area contributed by atoms with E-state index >= 15 is 0 Å². The molecule has 0 unspecified atom stereocenters. The maximum atomic E-state index is 13.6. The van der Waals surface area contributed by atoms with Gasteiger partial charge in [-0.05, 0) is 33.5 Å². The van der Waals surface area contributed by atoms with Gasteiger partial charge in [0.1, 0.15) is 19.3 Å². The summed E-state index contributed by atoms with van der Waals surface area (Å²) >= 11 is 1.35. The monoisotopic (exact) mass is 504 g/mol. The number of carbonyl (C=O) groups is 3. The number of aromatic nitrogens is 2. The van der Waals surface area contributed by atoms with E-state index in [-0.39, 0.29) is 19.0 Å². The first-order valence-electron chi connectivity index (χ1n) is 11.0. The fourth-order valence-corrected chi connectivity index (χ4v) is 4.11. The van der Waals surface area contributed by atoms with Gasteiger partial charge in [-0.1, -0.05) is 60.7 Å². The molecule has 0 saturated carbocycles. The molecule has 0 radical (unpaired) electrons. The molecule has 1 atom stereocenters. The Morgan fingerprint density at radius 1 is 0.972 bits per heavy atom. The van der Waals surface area contributed by atoms with Gasteiger partial charge in [-0.2, -0.15) is 11.3 Å². The first-order chi connectivity index (χ1) is 17.5. The lowest BCUT2D eigenvalue weighted by molar-refractivity contribution is 0.0413. The minimum absolute atomic E-state index is 0.0179. The van der Waals surface area contributed by atoms with Gasteiger partial charge in [-0.3, -0.25) is 4.79 Å². The van der Waals surface area contributed by atoms with Crippen molar-refractivity contribution in [1.82, 2.24) is 20.0 Å². The van der Waals surface area contributed by atoms with Crippen LogP contribution in [0, 0.1) is 0 Å². The van der Waals surface area contributed by atoms with Crippen LogP contribution in [-0.4, -0.2) is 32.5 Å². The third-order valence-electron chi connectivity index (χ3n) is 5.23. The van der Waals surface area contributed by atoms with E-state index in [1.165, 1.54) is 17.5 Å². The highest BCUT2D eigenvalue weighted by Crippen LogP contribution is 2.26. The average Bonchev–Trinajstić information content (AvgIpc) is 3.59. The smallest absolute Gasteiger partial charge is 0.430 e. The van der Waals surface area contributed by atoms with Crippen molar-refractivity contribution in [2.45, 2.75) is 19.3 Å². The van der Waals surface area contributed by atoms with E-state index in [1.807, 2.05) is 36.4 Å². The number of nitrogens with zero attached hydrogens (tertiary/aromatic N) is 3. The minimum atomic E-state index is -1.23. The van der Waals surface area contributed by atoms with Gasteiger partial charge in [0.25, 0.3) is 0 Å². The molecule has 1 N–H and O–H groups in total. The maximum Gasteiger partial charge on any atom is 0.430 e. The second kappa shape index (κ2) is 11.8. The first kappa shape index (κ1) is 24.7. The van der Waals surface area contributed by atoms with E-state index in [0.29, 0.717) is 5.56 Å². The summed E-state index contributed by atoms with van der Waals surface area (Å²) in [7, 11) is 1.67. The summed E-state index contributed by atoms with van der Waals surface area (Å²) < 4.78 is 12.3. The fourth-order valence-electron chi connectivity index (χ4n) is 3.43. The highest BCUT2D eigenvalue weighted by molar-refractivity contribution is 7.08. The number of hydrazine groups is 1. The summed E-state index contributed by atoms with van der Waals surface area (Å²) in [5, 5.41) is 4.35. The zero-order valence-corrected chi connectivity index (χ0v) is 20.3. The summed E-state index contributed by atoms with van der Waals surface area (Å²) in [6.45, 7) is -0.0696. The van der Waals surface area contributed by atoms with Crippen LogP contribution < -0.4 is 5.43 Å². The van der Waals surface area contributed by atoms with Gasteiger partial charge in [-0.15, -0.1) is 0 Å². The highest BCUT2D eigenvalue weighted by atomic mass is 32.1. The predicted molar refractivity (Wildman–Crippen MR) is 133 cm³/mol. The Morgan fingerprint density at radius 2 is 1.61 bits per heavy atom. The van der Waals surface area contributed by atoms with Crippen LogP contribution in [0.1, 0.15) is 33.4 Å². The SMILES string of the molecule is Cn1ccnc1C(=O)[C@@H](c1ccsc1)N(NC(=O)OCc1ccccc1)C(=O)OCc1ccccc1. The third-order valence-corrected chi connectivity index (χ3v) is 5.93. The van der Waals surface area contributed by atoms with Crippen molar-refractivity contribution in [3.8, 4) is 0 Å². The van der Waals surface area contributed by atoms with Crippen molar-refractivity contribution in [3.05, 3.63) is 112 Å². The van der Waals surface area contributed by atoms with E-state index in [1.54, 1.807) is 58.9 Å². The highest BCUT2D eigenvalue weighted by Gasteiger charge is 2.37. The minimum Gasteiger partial charge on any atom is -0.443 e. The number of benzene rings is 2. The summed E-state index contributed by atoms with van der Waals surface area (Å²) in [6.07, 6.45) is 1.27. The molecule has 2 heterocycles. The first-order valence-corrected chi connectivity index (χ1v) is 12.0. The number of nitrogens with one attached hydrogen (secondary N) is 1. The van der Waals surface area contributed by atoms with Gasteiger partial charge in [0, 0.05) is 19.4 Å². The van der Waals surface area contributed by atoms with Crippen LogP contribution in [-0.2, 0) is 29.7 Å². The zero-order valence-electron chi connectivity index (χ0n) is 19.4. The van der Waals surface area contributed by atoms with E-state index in [4.69, 9.17) is 9.47 Å². The van der Waals surface area contributed by atoms with Gasteiger partial charge in [0.05, 0.1) is 0 Å². The number of hydrogen-bond acceptors (Lipinski definition) is 7. The summed E-state index contributed by atoms with van der Waals surface area (Å²) in [4.78, 5) is 43.7. The molecule has 4 aromatic rings. The number of carbonyl (C=O) groups excluding carboxylic acids is 3. The second-order valence-corrected chi connectivity index (χ2v) is 8.55. The molecule has 0 aliphatic rings. The van der Waals surface area contributed by atoms with Crippen LogP contribution >= 0.6 is 11.3 Å². The maximum absolute atomic E-state index is 13.6. The lowest BCUT2D eigenvalue weighted by Gasteiger charge is -2.29. The Bertz CT molecular complexity index is 1290. The molecule has 9 nitrogen and oxygen atoms in total. The molecule has 0 fully saturated rings. The number of amides is 2. The molecule has 0 aliphatic heterocycles. The standard InChI is InChI=1S/C26H24N4O5S/c1-29-14-13-27-24(29)23(31)22(21-12-15-36-18-21)30(26(33)35-17-20-10-6-3-7-11-20)28-25(32)34-16-19-8-4-2-5-9-19/h2-15,18,22H,16-17H2,1H3,(H,28,32)/t22-/m1/s1. The van der Waals surface area contributed by atoms with E-state index in [9.17, 15) is 14.4 Å². The second-order valence-electron chi connectivity index (χ2n) is 7.77. The molecule has 0 saturated heterocycles. The summed E-state index contributed by atoms with van der Waals surface area (Å²) in [6, 6.07) is 18.7. The molecule has 2 aromatic carbocycles. The molecule has 36 heavy (non-hydrogen) atoms. The van der Waals surface area contributed by atoms with Crippen LogP contribution in [0.3, 0.4) is 0 Å². The van der Waals surface area contributed by atoms with Crippen LogP contribution in [0.15, 0.2) is 89.9 Å². The number of ketones is 1. The lowest BCUT2D eigenvalue weighted by atomic mass is 10.1. The van der Waals surface area contributed by atoms with Crippen LogP contribution in [0.5, 0.6) is 0 Å². The molecule has 184 valence electrons. The molecule has 4 rings (SSSR count). The Hall–Kier alpha value is -4.44. The van der Waals surface area contributed by atoms with Crippen molar-refractivity contribution >= 4 is 29.3 Å². The topological polar surface area (TPSA) is 103 Å². The number of imidazole rings is 1. The molecular weight excluding hydrogens is 480 g/mol. The zero-order chi connectivity index (χ0) is 25.3. The summed E-state index contributed by atoms with van der Waals surface area (Å²) in [5.41, 5.74) is 4.43. The van der Waals surface area contributed by atoms with Crippen molar-refractivity contribution in [2.75, 3.05) is 0 Å². The van der Waals surface area contributed by atoms with Gasteiger partial charge >= 0.3 is 12.2 Å². The van der Waals surface area contributed by atoms with Crippen molar-refractivity contribution in [3.63, 3.8) is 0 Å². The largest absolute Gasteiger partial charge is 0.443 e. The fraction of sp³-hybridized carbons (Fsp3) is 0.154. The number of rotatable bonds is 8. The molecule has 2 aromatic heterocycles. The van der Waals surface area contributed by atoms with Gasteiger partial charge in [-0.25, -0.2) is 25.0 Å². The molecular formula is C26H24N4O5S. The molecule has 0 bridgehead atoms. The van der Waals surface area contributed by atoms with E-state index in [0.717, 1.165) is 16.1 Å². The Labute approximate surface area is 211 Å². The quantitative estimate of drug-likeness (QED) is 0.271. The number of ether oxygens (including phenoxy) is 2.